The quantitative estimate of drug-likeness (QED) is 0.211. The first-order valence-corrected chi connectivity index (χ1v) is 8.60. The molecule has 0 bridgehead atoms. The molecule has 3 rings (SSSR count). The molecule has 0 radical (unpaired) electrons. The van der Waals surface area contributed by atoms with Gasteiger partial charge in [0.2, 0.25) is 5.82 Å². The first-order chi connectivity index (χ1) is 13.3. The van der Waals surface area contributed by atoms with Gasteiger partial charge in [0.1, 0.15) is 5.69 Å². The van der Waals surface area contributed by atoms with Crippen molar-refractivity contribution in [3.63, 3.8) is 0 Å². The fourth-order valence-corrected chi connectivity index (χ4v) is 2.90. The molecule has 144 valence electrons. The minimum Gasteiger partial charge on any atom is -0.241 e. The molecule has 28 heavy (non-hydrogen) atoms. The largest absolute Gasteiger partial charge is 0.241 e. The average molecular weight is 389 g/mol. The van der Waals surface area contributed by atoms with Crippen LogP contribution in [0.1, 0.15) is 29.2 Å². The lowest BCUT2D eigenvalue weighted by molar-refractivity contribution is 0.381. The third-order valence-corrected chi connectivity index (χ3v) is 4.28. The third-order valence-electron chi connectivity index (χ3n) is 4.28. The number of aryl methyl sites for hydroxylation is 2. The first-order valence-electron chi connectivity index (χ1n) is 8.60. The van der Waals surface area contributed by atoms with Crippen LogP contribution in [-0.4, -0.2) is 5.71 Å². The first kappa shape index (κ1) is 19.7. The van der Waals surface area contributed by atoms with E-state index < -0.39 is 34.8 Å². The molecule has 0 aliphatic heterocycles. The van der Waals surface area contributed by atoms with Gasteiger partial charge in [-0.2, -0.15) is 0 Å². The van der Waals surface area contributed by atoms with Crippen molar-refractivity contribution in [3.8, 4) is 0 Å². The Bertz CT molecular complexity index is 1030. The minimum atomic E-state index is -2.21. The number of halogens is 5. The molecule has 0 atom stereocenters. The lowest BCUT2D eigenvalue weighted by atomic mass is 9.97. The van der Waals surface area contributed by atoms with Crippen molar-refractivity contribution in [1.82, 2.24) is 0 Å². The second kappa shape index (κ2) is 7.92. The van der Waals surface area contributed by atoms with Gasteiger partial charge in [-0.25, -0.2) is 26.9 Å². The van der Waals surface area contributed by atoms with E-state index in [2.05, 4.69) is 4.99 Å². The molecule has 1 nitrogen and oxygen atoms in total. The zero-order chi connectivity index (χ0) is 20.4. The summed E-state index contributed by atoms with van der Waals surface area (Å²) in [5.74, 6) is -10.2. The summed E-state index contributed by atoms with van der Waals surface area (Å²) in [5.41, 5.74) is 1.74. The summed E-state index contributed by atoms with van der Waals surface area (Å²) in [4.78, 5) is 3.90. The Kier molecular flexibility index (Phi) is 5.58. The van der Waals surface area contributed by atoms with Crippen LogP contribution >= 0.6 is 0 Å². The van der Waals surface area contributed by atoms with E-state index in [-0.39, 0.29) is 5.71 Å². The summed E-state index contributed by atoms with van der Waals surface area (Å²) in [5, 5.41) is 0. The Morgan fingerprint density at radius 3 is 1.89 bits per heavy atom. The Morgan fingerprint density at radius 1 is 0.750 bits per heavy atom. The lowest BCUT2D eigenvalue weighted by Gasteiger charge is -2.12. The molecule has 3 aromatic carbocycles. The molecule has 0 fully saturated rings. The molecule has 3 aromatic rings. The molecule has 0 N–H and O–H groups in total. The molecule has 0 aliphatic rings. The Labute approximate surface area is 159 Å². The van der Waals surface area contributed by atoms with Crippen molar-refractivity contribution in [2.24, 2.45) is 4.99 Å². The highest BCUT2D eigenvalue weighted by atomic mass is 19.2. The summed E-state index contributed by atoms with van der Waals surface area (Å²) >= 11 is 0. The molecule has 0 saturated heterocycles. The van der Waals surface area contributed by atoms with Crippen LogP contribution in [0.3, 0.4) is 0 Å². The van der Waals surface area contributed by atoms with E-state index in [1.54, 1.807) is 42.5 Å². The van der Waals surface area contributed by atoms with Crippen LogP contribution in [0.4, 0.5) is 27.6 Å². The van der Waals surface area contributed by atoms with E-state index in [1.807, 2.05) is 19.9 Å². The van der Waals surface area contributed by atoms with Gasteiger partial charge in [-0.05, 0) is 31.0 Å². The van der Waals surface area contributed by atoms with Gasteiger partial charge in [0.05, 0.1) is 5.71 Å². The number of rotatable bonds is 4. The van der Waals surface area contributed by atoms with Crippen molar-refractivity contribution in [3.05, 3.63) is 99.9 Å². The molecular weight excluding hydrogens is 373 g/mol. The summed E-state index contributed by atoms with van der Waals surface area (Å²) in [6, 6.07) is 13.9. The van der Waals surface area contributed by atoms with E-state index >= 15 is 0 Å². The third kappa shape index (κ3) is 3.67. The van der Waals surface area contributed by atoms with Crippen LogP contribution < -0.4 is 0 Å². The highest BCUT2D eigenvalue weighted by molar-refractivity contribution is 6.14. The number of hydrogen-bond acceptors (Lipinski definition) is 1. The van der Waals surface area contributed by atoms with Crippen LogP contribution in [0.25, 0.3) is 0 Å². The number of hydrogen-bond donors (Lipinski definition) is 0. The number of benzene rings is 3. The molecule has 6 heteroatoms. The highest BCUT2D eigenvalue weighted by Gasteiger charge is 2.26. The van der Waals surface area contributed by atoms with Gasteiger partial charge in [-0.3, -0.25) is 0 Å². The molecule has 0 aliphatic carbocycles. The van der Waals surface area contributed by atoms with Crippen molar-refractivity contribution < 1.29 is 22.0 Å². The van der Waals surface area contributed by atoms with Gasteiger partial charge >= 0.3 is 0 Å². The molecule has 0 unspecified atom stereocenters. The standard InChI is InChI=1S/C22H16F5N/c1-3-13-9-12(2)10-15(11-13)21(14-7-5-4-6-8-14)28-22-19(26)17(24)16(23)18(25)20(22)27/h4-11H,3H2,1-2H3. The maximum atomic E-state index is 14.2. The van der Waals surface area contributed by atoms with E-state index in [1.165, 1.54) is 0 Å². The smallest absolute Gasteiger partial charge is 0.200 e. The topological polar surface area (TPSA) is 12.4 Å². The molecule has 0 amide bonds. The van der Waals surface area contributed by atoms with Gasteiger partial charge < -0.3 is 0 Å². The minimum absolute atomic E-state index is 0.113. The van der Waals surface area contributed by atoms with Gasteiger partial charge in [0.25, 0.3) is 0 Å². The van der Waals surface area contributed by atoms with E-state index in [4.69, 9.17) is 0 Å². The summed E-state index contributed by atoms with van der Waals surface area (Å²) < 4.78 is 69.0. The molecule has 0 saturated carbocycles. The predicted octanol–water partition coefficient (Wildman–Crippen LogP) is 6.42. The van der Waals surface area contributed by atoms with E-state index in [9.17, 15) is 22.0 Å². The zero-order valence-electron chi connectivity index (χ0n) is 15.2. The van der Waals surface area contributed by atoms with E-state index in [0.29, 0.717) is 17.5 Å². The van der Waals surface area contributed by atoms with E-state index in [0.717, 1.165) is 11.1 Å². The fraction of sp³-hybridized carbons (Fsp3) is 0.136. The molecular formula is C22H16F5N. The number of nitrogens with zero attached hydrogens (tertiary/aromatic N) is 1. The van der Waals surface area contributed by atoms with Gasteiger partial charge in [0.15, 0.2) is 23.3 Å². The van der Waals surface area contributed by atoms with Gasteiger partial charge in [-0.15, -0.1) is 0 Å². The van der Waals surface area contributed by atoms with Crippen LogP contribution in [0.15, 0.2) is 53.5 Å². The van der Waals surface area contributed by atoms with Crippen LogP contribution in [0.5, 0.6) is 0 Å². The van der Waals surface area contributed by atoms with Crippen LogP contribution in [-0.2, 0) is 6.42 Å². The zero-order valence-corrected chi connectivity index (χ0v) is 15.2. The van der Waals surface area contributed by atoms with Crippen molar-refractivity contribution in [2.45, 2.75) is 20.3 Å². The SMILES string of the molecule is CCc1cc(C)cc(C(=Nc2c(F)c(F)c(F)c(F)c2F)c2ccccc2)c1. The van der Waals surface area contributed by atoms with Crippen molar-refractivity contribution in [2.75, 3.05) is 0 Å². The van der Waals surface area contributed by atoms with Crippen LogP contribution in [0, 0.1) is 36.0 Å². The molecule has 0 heterocycles. The highest BCUT2D eigenvalue weighted by Crippen LogP contribution is 2.31. The molecule has 0 spiro atoms. The maximum absolute atomic E-state index is 14.2. The Morgan fingerprint density at radius 2 is 1.32 bits per heavy atom. The number of aliphatic imine (C=N–C) groups is 1. The second-order valence-corrected chi connectivity index (χ2v) is 6.31. The summed E-state index contributed by atoms with van der Waals surface area (Å²) in [6.07, 6.45) is 0.708. The Hall–Kier alpha value is -3.02. The van der Waals surface area contributed by atoms with Gasteiger partial charge in [0, 0.05) is 11.1 Å². The van der Waals surface area contributed by atoms with Gasteiger partial charge in [-0.1, -0.05) is 48.9 Å². The van der Waals surface area contributed by atoms with Crippen molar-refractivity contribution in [1.29, 1.82) is 0 Å². The summed E-state index contributed by atoms with van der Waals surface area (Å²) in [6.45, 7) is 3.80. The monoisotopic (exact) mass is 389 g/mol. The van der Waals surface area contributed by atoms with Crippen molar-refractivity contribution >= 4 is 11.4 Å². The fourth-order valence-electron chi connectivity index (χ4n) is 2.90. The maximum Gasteiger partial charge on any atom is 0.200 e. The normalized spacial score (nSPS) is 11.8. The predicted molar refractivity (Wildman–Crippen MR) is 98.5 cm³/mol. The Balaban J connectivity index is 2.33. The second-order valence-electron chi connectivity index (χ2n) is 6.31. The summed E-state index contributed by atoms with van der Waals surface area (Å²) in [7, 11) is 0. The van der Waals surface area contributed by atoms with Crippen LogP contribution in [0.2, 0.25) is 0 Å². The lowest BCUT2D eigenvalue weighted by Crippen LogP contribution is -2.07. The molecule has 0 aromatic heterocycles. The average Bonchev–Trinajstić information content (AvgIpc) is 2.71.